The molecule has 11 nitrogen and oxygen atoms in total. The molecule has 1 N–H and O–H groups in total. The number of nitrogens with zero attached hydrogens (tertiary/aromatic N) is 2. The van der Waals surface area contributed by atoms with E-state index >= 15 is 0 Å². The highest BCUT2D eigenvalue weighted by molar-refractivity contribution is 7.92. The van der Waals surface area contributed by atoms with Crippen molar-refractivity contribution in [2.24, 2.45) is 0 Å². The monoisotopic (exact) mass is 539 g/mol. The molecule has 1 aromatic heterocycles. The molecule has 1 heterocycles. The minimum Gasteiger partial charge on any atom is -0.493 e. The van der Waals surface area contributed by atoms with Gasteiger partial charge in [-0.1, -0.05) is 6.07 Å². The van der Waals surface area contributed by atoms with E-state index in [4.69, 9.17) is 18.9 Å². The van der Waals surface area contributed by atoms with Crippen LogP contribution in [0.3, 0.4) is 0 Å². The van der Waals surface area contributed by atoms with Gasteiger partial charge in [0.05, 0.1) is 49.6 Å². The van der Waals surface area contributed by atoms with Gasteiger partial charge in [-0.2, -0.15) is 0 Å². The average Bonchev–Trinajstić information content (AvgIpc) is 2.92. The molecule has 0 aliphatic rings. The number of nitro groups is 1. The predicted octanol–water partition coefficient (Wildman–Crippen LogP) is 4.57. The van der Waals surface area contributed by atoms with Gasteiger partial charge in [0.2, 0.25) is 0 Å². The summed E-state index contributed by atoms with van der Waals surface area (Å²) in [6.45, 7) is 0. The van der Waals surface area contributed by atoms with Gasteiger partial charge in [0.1, 0.15) is 0 Å². The van der Waals surface area contributed by atoms with E-state index in [9.17, 15) is 18.5 Å². The van der Waals surface area contributed by atoms with Crippen LogP contribution in [0, 0.1) is 10.1 Å². The fourth-order valence-corrected chi connectivity index (χ4v) is 5.14. The maximum atomic E-state index is 13.2. The molecule has 38 heavy (non-hydrogen) atoms. The van der Waals surface area contributed by atoms with E-state index in [0.717, 1.165) is 16.8 Å². The molecule has 0 aliphatic carbocycles. The number of non-ortho nitro benzene ring substituents is 1. The lowest BCUT2D eigenvalue weighted by atomic mass is 10.0. The maximum absolute atomic E-state index is 13.2. The van der Waals surface area contributed by atoms with Gasteiger partial charge in [0.25, 0.3) is 15.7 Å². The average molecular weight is 540 g/mol. The van der Waals surface area contributed by atoms with Crippen LogP contribution in [-0.2, 0) is 16.4 Å². The quantitative estimate of drug-likeness (QED) is 0.227. The van der Waals surface area contributed by atoms with Crippen molar-refractivity contribution in [1.29, 1.82) is 0 Å². The number of rotatable bonds is 10. The highest BCUT2D eigenvalue weighted by Gasteiger charge is 2.22. The molecule has 4 rings (SSSR count). The molecule has 0 atom stereocenters. The number of benzene rings is 3. The first-order chi connectivity index (χ1) is 18.2. The van der Waals surface area contributed by atoms with Gasteiger partial charge in [0.15, 0.2) is 23.0 Å². The van der Waals surface area contributed by atoms with Crippen molar-refractivity contribution in [2.75, 3.05) is 33.2 Å². The summed E-state index contributed by atoms with van der Waals surface area (Å²) in [6.07, 6.45) is 1.86. The van der Waals surface area contributed by atoms with Crippen LogP contribution < -0.4 is 23.7 Å². The number of pyridine rings is 1. The number of hydrogen-bond acceptors (Lipinski definition) is 9. The minimum atomic E-state index is -4.20. The van der Waals surface area contributed by atoms with Gasteiger partial charge in [-0.15, -0.1) is 0 Å². The topological polar surface area (TPSA) is 139 Å². The lowest BCUT2D eigenvalue weighted by Crippen LogP contribution is -2.15. The highest BCUT2D eigenvalue weighted by Crippen LogP contribution is 2.38. The van der Waals surface area contributed by atoms with Gasteiger partial charge in [-0.05, 0) is 41.3 Å². The molecule has 0 spiro atoms. The smallest absolute Gasteiger partial charge is 0.270 e. The molecule has 0 bridgehead atoms. The SMILES string of the molecule is COc1cc(Cc2nccc3cc(OC)c(OC)cc23)c(NS(=O)(=O)c2cccc([N+](=O)[O-])c2)cc1OC. The van der Waals surface area contributed by atoms with Crippen LogP contribution >= 0.6 is 0 Å². The number of anilines is 1. The fourth-order valence-electron chi connectivity index (χ4n) is 4.01. The molecule has 0 aliphatic heterocycles. The second kappa shape index (κ2) is 10.8. The summed E-state index contributed by atoms with van der Waals surface area (Å²) in [5.41, 5.74) is 1.04. The summed E-state index contributed by atoms with van der Waals surface area (Å²) >= 11 is 0. The summed E-state index contributed by atoms with van der Waals surface area (Å²) in [5.74, 6) is 1.77. The Morgan fingerprint density at radius 1 is 0.868 bits per heavy atom. The number of ether oxygens (including phenoxy) is 4. The van der Waals surface area contributed by atoms with Gasteiger partial charge >= 0.3 is 0 Å². The fraction of sp³-hybridized carbons (Fsp3) is 0.192. The van der Waals surface area contributed by atoms with E-state index in [-0.39, 0.29) is 22.7 Å². The number of fused-ring (bicyclic) bond motifs is 1. The molecule has 0 radical (unpaired) electrons. The van der Waals surface area contributed by atoms with E-state index in [2.05, 4.69) is 9.71 Å². The third-order valence-electron chi connectivity index (χ3n) is 5.90. The van der Waals surface area contributed by atoms with Crippen LogP contribution in [0.5, 0.6) is 23.0 Å². The summed E-state index contributed by atoms with van der Waals surface area (Å²) < 4.78 is 50.7. The third kappa shape index (κ3) is 5.25. The van der Waals surface area contributed by atoms with E-state index in [0.29, 0.717) is 34.3 Å². The third-order valence-corrected chi connectivity index (χ3v) is 7.26. The Hall–Kier alpha value is -4.58. The summed E-state index contributed by atoms with van der Waals surface area (Å²) in [4.78, 5) is 14.8. The Labute approximate surface area is 219 Å². The van der Waals surface area contributed by atoms with Crippen molar-refractivity contribution in [1.82, 2.24) is 4.98 Å². The molecule has 0 saturated heterocycles. The van der Waals surface area contributed by atoms with Gasteiger partial charge in [0, 0.05) is 36.2 Å². The zero-order valence-electron chi connectivity index (χ0n) is 21.0. The number of hydrogen-bond donors (Lipinski definition) is 1. The standard InChI is InChI=1S/C26H25N3O8S/c1-34-23-11-16-8-9-27-22(20(16)14-25(23)36-3)10-17-12-24(35-2)26(37-4)15-21(17)28-38(32,33)19-7-5-6-18(13-19)29(30)31/h5-9,11-15,28H,10H2,1-4H3. The molecule has 198 valence electrons. The zero-order chi connectivity index (χ0) is 27.4. The lowest BCUT2D eigenvalue weighted by Gasteiger charge is -2.17. The van der Waals surface area contributed by atoms with Crippen LogP contribution in [0.2, 0.25) is 0 Å². The number of nitrogens with one attached hydrogen (secondary N) is 1. The molecule has 3 aromatic carbocycles. The zero-order valence-corrected chi connectivity index (χ0v) is 21.9. The molecule has 0 amide bonds. The van der Waals surface area contributed by atoms with Crippen LogP contribution in [0.15, 0.2) is 65.7 Å². The van der Waals surface area contributed by atoms with Gasteiger partial charge < -0.3 is 18.9 Å². The highest BCUT2D eigenvalue weighted by atomic mass is 32.2. The Balaban J connectivity index is 1.83. The molecular formula is C26H25N3O8S. The van der Waals surface area contributed by atoms with Crippen LogP contribution in [-0.4, -0.2) is 46.8 Å². The van der Waals surface area contributed by atoms with Crippen molar-refractivity contribution in [3.8, 4) is 23.0 Å². The van der Waals surface area contributed by atoms with E-state index in [1.807, 2.05) is 18.2 Å². The normalized spacial score (nSPS) is 11.2. The maximum Gasteiger partial charge on any atom is 0.270 e. The Bertz CT molecular complexity index is 1620. The Morgan fingerprint density at radius 3 is 2.16 bits per heavy atom. The minimum absolute atomic E-state index is 0.202. The van der Waals surface area contributed by atoms with Crippen LogP contribution in [0.25, 0.3) is 10.8 Å². The lowest BCUT2D eigenvalue weighted by molar-refractivity contribution is -0.385. The number of sulfonamides is 1. The van der Waals surface area contributed by atoms with Crippen molar-refractivity contribution in [2.45, 2.75) is 11.3 Å². The van der Waals surface area contributed by atoms with Crippen LogP contribution in [0.1, 0.15) is 11.3 Å². The summed E-state index contributed by atoms with van der Waals surface area (Å²) in [5, 5.41) is 12.8. The first-order valence-electron chi connectivity index (χ1n) is 11.2. The van der Waals surface area contributed by atoms with Gasteiger partial charge in [-0.3, -0.25) is 19.8 Å². The van der Waals surface area contributed by atoms with E-state index in [1.165, 1.54) is 45.6 Å². The van der Waals surface area contributed by atoms with Crippen molar-refractivity contribution in [3.63, 3.8) is 0 Å². The van der Waals surface area contributed by atoms with E-state index < -0.39 is 14.9 Å². The molecule has 4 aromatic rings. The number of methoxy groups -OCH3 is 4. The molecular weight excluding hydrogens is 514 g/mol. The summed E-state index contributed by atoms with van der Waals surface area (Å²) in [6, 6.07) is 13.4. The first kappa shape index (κ1) is 26.5. The van der Waals surface area contributed by atoms with Crippen molar-refractivity contribution >= 4 is 32.2 Å². The molecule has 0 saturated carbocycles. The van der Waals surface area contributed by atoms with Crippen molar-refractivity contribution < 1.29 is 32.3 Å². The first-order valence-corrected chi connectivity index (χ1v) is 12.7. The summed E-state index contributed by atoms with van der Waals surface area (Å²) in [7, 11) is 1.80. The second-order valence-corrected chi connectivity index (χ2v) is 9.77. The molecule has 12 heteroatoms. The predicted molar refractivity (Wildman–Crippen MR) is 141 cm³/mol. The molecule has 0 fully saturated rings. The van der Waals surface area contributed by atoms with E-state index in [1.54, 1.807) is 19.4 Å². The second-order valence-electron chi connectivity index (χ2n) is 8.09. The number of nitro benzene ring substituents is 1. The van der Waals surface area contributed by atoms with Gasteiger partial charge in [-0.25, -0.2) is 8.42 Å². The number of aromatic nitrogens is 1. The molecule has 0 unspecified atom stereocenters. The largest absolute Gasteiger partial charge is 0.493 e. The Kier molecular flexibility index (Phi) is 7.53. The van der Waals surface area contributed by atoms with Crippen LogP contribution in [0.4, 0.5) is 11.4 Å². The van der Waals surface area contributed by atoms with Crippen molar-refractivity contribution in [3.05, 3.63) is 82.2 Å². The Morgan fingerprint density at radius 2 is 1.50 bits per heavy atom.